The van der Waals surface area contributed by atoms with Gasteiger partial charge in [0.25, 0.3) is 5.91 Å². The lowest BCUT2D eigenvalue weighted by Gasteiger charge is -2.18. The molecule has 0 unspecified atom stereocenters. The van der Waals surface area contributed by atoms with Crippen LogP contribution in [0.25, 0.3) is 0 Å². The number of amides is 1. The van der Waals surface area contributed by atoms with Gasteiger partial charge in [-0.15, -0.1) is 0 Å². The predicted octanol–water partition coefficient (Wildman–Crippen LogP) is 2.74. The molecule has 0 saturated heterocycles. The number of nitrogens with one attached hydrogen (secondary N) is 1. The van der Waals surface area contributed by atoms with Crippen LogP contribution in [0, 0.1) is 17.0 Å². The summed E-state index contributed by atoms with van der Waals surface area (Å²) in [6.45, 7) is 6.22. The van der Waals surface area contributed by atoms with Crippen LogP contribution in [0.4, 0.5) is 8.78 Å². The third kappa shape index (κ3) is 3.61. The molecule has 1 aromatic rings. The molecule has 0 aliphatic carbocycles. The summed E-state index contributed by atoms with van der Waals surface area (Å²) in [5.74, 6) is -1.93. The molecule has 2 nitrogen and oxygen atoms in total. The van der Waals surface area contributed by atoms with Crippen molar-refractivity contribution in [3.8, 4) is 0 Å². The van der Waals surface area contributed by atoms with Crippen LogP contribution >= 0.6 is 0 Å². The smallest absolute Gasteiger partial charge is 0.254 e. The molecule has 1 aromatic carbocycles. The first-order valence-corrected chi connectivity index (χ1v) is 5.03. The van der Waals surface area contributed by atoms with E-state index in [1.807, 2.05) is 20.8 Å². The van der Waals surface area contributed by atoms with E-state index in [1.165, 1.54) is 0 Å². The van der Waals surface area contributed by atoms with Crippen LogP contribution in [-0.4, -0.2) is 12.5 Å². The molecule has 88 valence electrons. The Bertz CT molecular complexity index is 396. The average Bonchev–Trinajstić information content (AvgIpc) is 2.17. The van der Waals surface area contributed by atoms with Crippen molar-refractivity contribution < 1.29 is 13.6 Å². The van der Waals surface area contributed by atoms with Gasteiger partial charge in [0.1, 0.15) is 11.6 Å². The number of rotatable bonds is 2. The first-order chi connectivity index (χ1) is 7.29. The summed E-state index contributed by atoms with van der Waals surface area (Å²) in [5.41, 5.74) is -0.358. The van der Waals surface area contributed by atoms with Gasteiger partial charge in [0.05, 0.1) is 5.56 Å². The van der Waals surface area contributed by atoms with Crippen molar-refractivity contribution in [2.24, 2.45) is 5.41 Å². The summed E-state index contributed by atoms with van der Waals surface area (Å²) >= 11 is 0. The van der Waals surface area contributed by atoms with Crippen LogP contribution in [-0.2, 0) is 0 Å². The van der Waals surface area contributed by atoms with Gasteiger partial charge in [0.2, 0.25) is 0 Å². The van der Waals surface area contributed by atoms with E-state index >= 15 is 0 Å². The fourth-order valence-electron chi connectivity index (χ4n) is 1.11. The van der Waals surface area contributed by atoms with Crippen LogP contribution < -0.4 is 5.32 Å². The highest BCUT2D eigenvalue weighted by Gasteiger charge is 2.16. The van der Waals surface area contributed by atoms with E-state index in [9.17, 15) is 13.6 Å². The van der Waals surface area contributed by atoms with Crippen molar-refractivity contribution in [1.82, 2.24) is 5.32 Å². The molecule has 0 aromatic heterocycles. The molecule has 1 amide bonds. The third-order valence-corrected chi connectivity index (χ3v) is 1.95. The van der Waals surface area contributed by atoms with Crippen molar-refractivity contribution in [3.63, 3.8) is 0 Å². The molecular formula is C12H15F2NO. The van der Waals surface area contributed by atoms with Crippen LogP contribution in [0.2, 0.25) is 0 Å². The summed E-state index contributed by atoms with van der Waals surface area (Å²) in [5, 5.41) is 2.56. The largest absolute Gasteiger partial charge is 0.351 e. The topological polar surface area (TPSA) is 29.1 Å². The number of carbonyl (C=O) groups excluding carboxylic acids is 1. The quantitative estimate of drug-likeness (QED) is 0.827. The first kappa shape index (κ1) is 12.6. The number of hydrogen-bond acceptors (Lipinski definition) is 1. The van der Waals surface area contributed by atoms with E-state index in [0.717, 1.165) is 18.2 Å². The lowest BCUT2D eigenvalue weighted by atomic mass is 9.97. The van der Waals surface area contributed by atoms with Gasteiger partial charge in [-0.3, -0.25) is 4.79 Å². The first-order valence-electron chi connectivity index (χ1n) is 5.03. The van der Waals surface area contributed by atoms with E-state index in [1.54, 1.807) is 0 Å². The van der Waals surface area contributed by atoms with Gasteiger partial charge in [0.15, 0.2) is 0 Å². The highest BCUT2D eigenvalue weighted by atomic mass is 19.1. The van der Waals surface area contributed by atoms with Crippen LogP contribution in [0.3, 0.4) is 0 Å². The van der Waals surface area contributed by atoms with Crippen molar-refractivity contribution in [2.75, 3.05) is 6.54 Å². The Morgan fingerprint density at radius 2 is 1.94 bits per heavy atom. The minimum absolute atomic E-state index is 0.0978. The second-order valence-electron chi connectivity index (χ2n) is 4.87. The molecule has 4 heteroatoms. The lowest BCUT2D eigenvalue weighted by Crippen LogP contribution is -2.32. The van der Waals surface area contributed by atoms with Crippen LogP contribution in [0.1, 0.15) is 31.1 Å². The van der Waals surface area contributed by atoms with Crippen molar-refractivity contribution in [2.45, 2.75) is 20.8 Å². The Balaban J connectivity index is 2.77. The van der Waals surface area contributed by atoms with E-state index in [4.69, 9.17) is 0 Å². The zero-order chi connectivity index (χ0) is 12.3. The molecule has 0 aliphatic rings. The minimum atomic E-state index is -0.715. The Hall–Kier alpha value is -1.45. The molecule has 1 rings (SSSR count). The third-order valence-electron chi connectivity index (χ3n) is 1.95. The molecule has 0 heterocycles. The maximum absolute atomic E-state index is 13.2. The van der Waals surface area contributed by atoms with Crippen LogP contribution in [0.5, 0.6) is 0 Å². The second-order valence-corrected chi connectivity index (χ2v) is 4.87. The highest BCUT2D eigenvalue weighted by molar-refractivity contribution is 5.94. The number of benzene rings is 1. The van der Waals surface area contributed by atoms with E-state index in [2.05, 4.69) is 5.32 Å². The summed E-state index contributed by atoms with van der Waals surface area (Å²) in [6, 6.07) is 2.82. The molecule has 0 atom stereocenters. The molecule has 0 aliphatic heterocycles. The Labute approximate surface area is 93.7 Å². The summed E-state index contributed by atoms with van der Waals surface area (Å²) in [6.07, 6.45) is 0. The molecule has 0 spiro atoms. The average molecular weight is 227 g/mol. The summed E-state index contributed by atoms with van der Waals surface area (Å²) < 4.78 is 26.0. The zero-order valence-corrected chi connectivity index (χ0v) is 9.60. The van der Waals surface area contributed by atoms with Gasteiger partial charge in [-0.25, -0.2) is 8.78 Å². The van der Waals surface area contributed by atoms with Gasteiger partial charge in [0, 0.05) is 6.54 Å². The molecule has 0 bridgehead atoms. The monoisotopic (exact) mass is 227 g/mol. The standard InChI is InChI=1S/C12H15F2NO/c1-12(2,3)7-15-11(16)9-6-8(13)4-5-10(9)14/h4-6H,7H2,1-3H3,(H,15,16). The van der Waals surface area contributed by atoms with Crippen molar-refractivity contribution in [3.05, 3.63) is 35.4 Å². The van der Waals surface area contributed by atoms with Gasteiger partial charge < -0.3 is 5.32 Å². The maximum atomic E-state index is 13.2. The second kappa shape index (κ2) is 4.60. The Morgan fingerprint density at radius 3 is 2.50 bits per heavy atom. The van der Waals surface area contributed by atoms with Gasteiger partial charge in [-0.1, -0.05) is 20.8 Å². The van der Waals surface area contributed by atoms with E-state index < -0.39 is 17.5 Å². The van der Waals surface area contributed by atoms with Gasteiger partial charge >= 0.3 is 0 Å². The van der Waals surface area contributed by atoms with Gasteiger partial charge in [-0.2, -0.15) is 0 Å². The fraction of sp³-hybridized carbons (Fsp3) is 0.417. The maximum Gasteiger partial charge on any atom is 0.254 e. The number of hydrogen-bond donors (Lipinski definition) is 1. The van der Waals surface area contributed by atoms with Gasteiger partial charge in [-0.05, 0) is 23.6 Å². The van der Waals surface area contributed by atoms with E-state index in [0.29, 0.717) is 6.54 Å². The normalized spacial score (nSPS) is 11.3. The van der Waals surface area contributed by atoms with E-state index in [-0.39, 0.29) is 11.0 Å². The van der Waals surface area contributed by atoms with Crippen LogP contribution in [0.15, 0.2) is 18.2 Å². The Kier molecular flexibility index (Phi) is 3.62. The molecule has 16 heavy (non-hydrogen) atoms. The molecule has 0 fully saturated rings. The number of carbonyl (C=O) groups is 1. The molecular weight excluding hydrogens is 212 g/mol. The SMILES string of the molecule is CC(C)(C)CNC(=O)c1cc(F)ccc1F. The Morgan fingerprint density at radius 1 is 1.31 bits per heavy atom. The predicted molar refractivity (Wildman–Crippen MR) is 58.1 cm³/mol. The number of halogens is 2. The van der Waals surface area contributed by atoms with Crippen molar-refractivity contribution >= 4 is 5.91 Å². The minimum Gasteiger partial charge on any atom is -0.351 e. The summed E-state index contributed by atoms with van der Waals surface area (Å²) in [7, 11) is 0. The molecule has 1 N–H and O–H groups in total. The molecule has 0 saturated carbocycles. The lowest BCUT2D eigenvalue weighted by molar-refractivity contribution is 0.0934. The van der Waals surface area contributed by atoms with Crippen molar-refractivity contribution in [1.29, 1.82) is 0 Å². The molecule has 0 radical (unpaired) electrons. The fourth-order valence-corrected chi connectivity index (χ4v) is 1.11. The highest BCUT2D eigenvalue weighted by Crippen LogP contribution is 2.13. The zero-order valence-electron chi connectivity index (χ0n) is 9.60. The summed E-state index contributed by atoms with van der Waals surface area (Å²) in [4.78, 5) is 11.5.